The van der Waals surface area contributed by atoms with Gasteiger partial charge < -0.3 is 9.84 Å². The predicted octanol–water partition coefficient (Wildman–Crippen LogP) is 14.0. The normalized spacial score (nSPS) is 12.4. The Morgan fingerprint density at radius 3 is 1.39 bits per heavy atom. The molecule has 0 spiro atoms. The summed E-state index contributed by atoms with van der Waals surface area (Å²) >= 11 is 0. The number of hydrogen-bond acceptors (Lipinski definition) is 3. The molecular weight excluding hydrogens is 568 g/mol. The lowest BCUT2D eigenvalue weighted by Crippen LogP contribution is -2.16. The summed E-state index contributed by atoms with van der Waals surface area (Å²) < 4.78 is 5.86. The molecule has 270 valence electrons. The fraction of sp³-hybridized carbons (Fsp3) is 0.857. The summed E-state index contributed by atoms with van der Waals surface area (Å²) in [5, 5.41) is 8.83. The molecule has 1 N–H and O–H groups in total. The summed E-state index contributed by atoms with van der Waals surface area (Å²) in [7, 11) is 0. The topological polar surface area (TPSA) is 63.6 Å². The molecule has 0 rings (SSSR count). The molecule has 0 amide bonds. The summed E-state index contributed by atoms with van der Waals surface area (Å²) in [5.41, 5.74) is 0. The molecule has 0 aromatic rings. The molecule has 1 unspecified atom stereocenters. The van der Waals surface area contributed by atoms with E-state index in [4.69, 9.17) is 9.84 Å². The van der Waals surface area contributed by atoms with Crippen LogP contribution in [0, 0.1) is 0 Å². The third-order valence-electron chi connectivity index (χ3n) is 9.16. The van der Waals surface area contributed by atoms with Crippen molar-refractivity contribution in [3.63, 3.8) is 0 Å². The van der Waals surface area contributed by atoms with E-state index >= 15 is 0 Å². The van der Waals surface area contributed by atoms with Crippen LogP contribution < -0.4 is 0 Å². The minimum absolute atomic E-state index is 0.0746. The predicted molar refractivity (Wildman–Crippen MR) is 200 cm³/mol. The van der Waals surface area contributed by atoms with Crippen LogP contribution in [0.2, 0.25) is 0 Å². The maximum atomic E-state index is 12.6. The Kier molecular flexibility index (Phi) is 36.6. The summed E-state index contributed by atoms with van der Waals surface area (Å²) in [6.45, 7) is 4.53. The molecule has 4 heteroatoms. The van der Waals surface area contributed by atoms with Gasteiger partial charge in [-0.2, -0.15) is 0 Å². The van der Waals surface area contributed by atoms with Crippen molar-refractivity contribution in [1.82, 2.24) is 0 Å². The number of carboxylic acid groups (broad SMARTS) is 1. The highest BCUT2D eigenvalue weighted by Gasteiger charge is 2.11. The van der Waals surface area contributed by atoms with Gasteiger partial charge >= 0.3 is 11.9 Å². The van der Waals surface area contributed by atoms with E-state index in [0.717, 1.165) is 57.8 Å². The van der Waals surface area contributed by atoms with Crippen molar-refractivity contribution in [3.05, 3.63) is 24.3 Å². The molecule has 46 heavy (non-hydrogen) atoms. The van der Waals surface area contributed by atoms with Crippen LogP contribution in [0.3, 0.4) is 0 Å². The quantitative estimate of drug-likeness (QED) is 0.0414. The number of carbonyl (C=O) groups is 2. The maximum Gasteiger partial charge on any atom is 0.306 e. The largest absolute Gasteiger partial charge is 0.481 e. The van der Waals surface area contributed by atoms with Crippen molar-refractivity contribution in [3.8, 4) is 0 Å². The summed E-state index contributed by atoms with van der Waals surface area (Å²) in [6, 6.07) is 0. The molecule has 0 fully saturated rings. The van der Waals surface area contributed by atoms with E-state index < -0.39 is 5.97 Å². The molecule has 0 aliphatic rings. The highest BCUT2D eigenvalue weighted by atomic mass is 16.5. The van der Waals surface area contributed by atoms with Gasteiger partial charge in [-0.1, -0.05) is 186 Å². The van der Waals surface area contributed by atoms with E-state index in [1.54, 1.807) is 0 Å². The first-order valence-corrected chi connectivity index (χ1v) is 20.3. The van der Waals surface area contributed by atoms with Gasteiger partial charge in [0.1, 0.15) is 6.10 Å². The van der Waals surface area contributed by atoms with Crippen molar-refractivity contribution < 1.29 is 19.4 Å². The second-order valence-corrected chi connectivity index (χ2v) is 13.8. The van der Waals surface area contributed by atoms with Crippen LogP contribution in [0.15, 0.2) is 24.3 Å². The molecule has 0 saturated carbocycles. The zero-order valence-electron chi connectivity index (χ0n) is 30.9. The molecule has 0 saturated heterocycles. The monoisotopic (exact) mass is 647 g/mol. The first-order chi connectivity index (χ1) is 22.6. The average Bonchev–Trinajstić information content (AvgIpc) is 3.04. The van der Waals surface area contributed by atoms with Gasteiger partial charge in [-0.25, -0.2) is 0 Å². The smallest absolute Gasteiger partial charge is 0.306 e. The Hall–Kier alpha value is -1.58. The van der Waals surface area contributed by atoms with Crippen LogP contribution in [0.4, 0.5) is 0 Å². The molecule has 0 aliphatic carbocycles. The third-order valence-corrected chi connectivity index (χ3v) is 9.16. The fourth-order valence-corrected chi connectivity index (χ4v) is 6.13. The molecule has 0 aliphatic heterocycles. The second kappa shape index (κ2) is 37.9. The first kappa shape index (κ1) is 44.4. The van der Waals surface area contributed by atoms with Crippen molar-refractivity contribution in [1.29, 1.82) is 0 Å². The van der Waals surface area contributed by atoms with Gasteiger partial charge in [0.15, 0.2) is 0 Å². The summed E-state index contributed by atoms with van der Waals surface area (Å²) in [5.74, 6) is -0.799. The van der Waals surface area contributed by atoms with Crippen LogP contribution >= 0.6 is 0 Å². The number of carboxylic acids is 1. The minimum Gasteiger partial charge on any atom is -0.481 e. The molecule has 0 bridgehead atoms. The van der Waals surface area contributed by atoms with E-state index in [9.17, 15) is 9.59 Å². The number of rotatable bonds is 37. The minimum atomic E-state index is -0.724. The fourth-order valence-electron chi connectivity index (χ4n) is 6.13. The van der Waals surface area contributed by atoms with Crippen molar-refractivity contribution in [2.24, 2.45) is 0 Å². The van der Waals surface area contributed by atoms with E-state index in [1.807, 2.05) is 0 Å². The summed E-state index contributed by atoms with van der Waals surface area (Å²) in [6.07, 6.45) is 47.9. The Morgan fingerprint density at radius 1 is 0.500 bits per heavy atom. The second-order valence-electron chi connectivity index (χ2n) is 13.8. The Bertz CT molecular complexity index is 698. The van der Waals surface area contributed by atoms with Gasteiger partial charge in [-0.15, -0.1) is 0 Å². The van der Waals surface area contributed by atoms with Crippen LogP contribution in [-0.4, -0.2) is 23.1 Å². The molecule has 0 aromatic carbocycles. The van der Waals surface area contributed by atoms with Gasteiger partial charge in [0, 0.05) is 12.8 Å². The zero-order valence-corrected chi connectivity index (χ0v) is 30.9. The number of carbonyl (C=O) groups excluding carboxylic acids is 1. The van der Waals surface area contributed by atoms with Gasteiger partial charge in [0.2, 0.25) is 0 Å². The third kappa shape index (κ3) is 36.9. The van der Waals surface area contributed by atoms with Gasteiger partial charge in [-0.05, 0) is 51.0 Å². The highest BCUT2D eigenvalue weighted by Crippen LogP contribution is 2.16. The maximum absolute atomic E-state index is 12.6. The Morgan fingerprint density at radius 2 is 0.913 bits per heavy atom. The van der Waals surface area contributed by atoms with E-state index in [0.29, 0.717) is 6.42 Å². The van der Waals surface area contributed by atoms with Gasteiger partial charge in [-0.3, -0.25) is 9.59 Å². The van der Waals surface area contributed by atoms with Crippen LogP contribution in [0.5, 0.6) is 0 Å². The lowest BCUT2D eigenvalue weighted by atomic mass is 10.0. The summed E-state index contributed by atoms with van der Waals surface area (Å²) in [4.78, 5) is 23.3. The van der Waals surface area contributed by atoms with E-state index in [-0.39, 0.29) is 18.5 Å². The van der Waals surface area contributed by atoms with Crippen LogP contribution in [0.1, 0.15) is 226 Å². The SMILES string of the molecule is CCCCCC/C=C\C/C=C\C(CCCCCCC(=O)O)OC(=O)CCCCCCCCCCCCCCCCCCCCCC. The Labute approximate surface area is 287 Å². The number of ether oxygens (including phenoxy) is 1. The average molecular weight is 647 g/mol. The van der Waals surface area contributed by atoms with E-state index in [1.165, 1.54) is 141 Å². The molecule has 0 aromatic heterocycles. The molecule has 4 nitrogen and oxygen atoms in total. The standard InChI is InChI=1S/C42H78O4/c1-3-5-7-9-11-13-14-15-16-17-18-19-20-21-22-23-25-27-29-35-39-42(45)46-40(37-33-30-31-34-38-41(43)44)36-32-28-26-24-12-10-8-6-4-2/h24,26,32,36,40H,3-23,25,27-31,33-35,37-39H2,1-2H3,(H,43,44)/b26-24-,36-32-. The number of aliphatic carboxylic acids is 1. The lowest BCUT2D eigenvalue weighted by molar-refractivity contribution is -0.147. The number of hydrogen-bond donors (Lipinski definition) is 1. The lowest BCUT2D eigenvalue weighted by Gasteiger charge is -2.14. The van der Waals surface area contributed by atoms with Crippen molar-refractivity contribution in [2.75, 3.05) is 0 Å². The van der Waals surface area contributed by atoms with E-state index in [2.05, 4.69) is 38.2 Å². The molecular formula is C42H78O4. The van der Waals surface area contributed by atoms with Crippen LogP contribution in [0.25, 0.3) is 0 Å². The number of esters is 1. The Balaban J connectivity index is 3.88. The molecule has 1 atom stereocenters. The van der Waals surface area contributed by atoms with Crippen LogP contribution in [-0.2, 0) is 14.3 Å². The van der Waals surface area contributed by atoms with Gasteiger partial charge in [0.25, 0.3) is 0 Å². The molecule has 0 heterocycles. The van der Waals surface area contributed by atoms with Crippen molar-refractivity contribution >= 4 is 11.9 Å². The number of allylic oxidation sites excluding steroid dienone is 3. The number of unbranched alkanes of at least 4 members (excludes halogenated alkanes) is 26. The zero-order chi connectivity index (χ0) is 33.6. The highest BCUT2D eigenvalue weighted by molar-refractivity contribution is 5.69. The van der Waals surface area contributed by atoms with Gasteiger partial charge in [0.05, 0.1) is 0 Å². The van der Waals surface area contributed by atoms with Crippen molar-refractivity contribution in [2.45, 2.75) is 232 Å². The molecule has 0 radical (unpaired) electrons. The first-order valence-electron chi connectivity index (χ1n) is 20.3.